The first-order valence-corrected chi connectivity index (χ1v) is 9.22. The Balaban J connectivity index is 1.25. The van der Waals surface area contributed by atoms with E-state index in [1.807, 2.05) is 65.4 Å². The minimum absolute atomic E-state index is 0.101. The number of imidazole rings is 1. The van der Waals surface area contributed by atoms with E-state index in [0.29, 0.717) is 18.7 Å². The van der Waals surface area contributed by atoms with Crippen LogP contribution in [-0.4, -0.2) is 28.6 Å². The molecule has 0 aliphatic heterocycles. The molecule has 0 aliphatic carbocycles. The number of ether oxygens (including phenoxy) is 1. The molecule has 1 amide bonds. The number of nitrogens with zero attached hydrogens (tertiary/aromatic N) is 2. The molecule has 1 N–H and O–H groups in total. The number of benzene rings is 3. The van der Waals surface area contributed by atoms with Crippen molar-refractivity contribution in [2.75, 3.05) is 13.2 Å². The van der Waals surface area contributed by atoms with E-state index in [4.69, 9.17) is 4.74 Å². The molecule has 4 rings (SSSR count). The van der Waals surface area contributed by atoms with E-state index in [-0.39, 0.29) is 5.91 Å². The minimum atomic E-state index is -0.101. The summed E-state index contributed by atoms with van der Waals surface area (Å²) < 4.78 is 7.74. The van der Waals surface area contributed by atoms with Crippen molar-refractivity contribution in [3.05, 3.63) is 96.6 Å². The number of carbonyl (C=O) groups is 1. The summed E-state index contributed by atoms with van der Waals surface area (Å²) in [5.74, 6) is 0.702. The fourth-order valence-corrected chi connectivity index (χ4v) is 3.05. The summed E-state index contributed by atoms with van der Waals surface area (Å²) in [6.07, 6.45) is 5.44. The number of fused-ring (bicyclic) bond motifs is 1. The average Bonchev–Trinajstić information content (AvgIpc) is 3.24. The van der Waals surface area contributed by atoms with Crippen molar-refractivity contribution in [2.24, 2.45) is 0 Å². The van der Waals surface area contributed by atoms with Crippen molar-refractivity contribution in [1.82, 2.24) is 14.9 Å². The van der Waals surface area contributed by atoms with Crippen LogP contribution in [0.25, 0.3) is 10.8 Å². The van der Waals surface area contributed by atoms with Gasteiger partial charge in [-0.05, 0) is 40.6 Å². The molecule has 0 bridgehead atoms. The molecule has 28 heavy (non-hydrogen) atoms. The Morgan fingerprint density at radius 2 is 1.82 bits per heavy atom. The average molecular weight is 371 g/mol. The van der Waals surface area contributed by atoms with Crippen molar-refractivity contribution in [3.63, 3.8) is 0 Å². The standard InChI is InChI=1S/C23H21N3O2/c27-23(20-7-5-18(6-8-20)16-26-13-11-24-17-26)25-12-14-28-22-10-9-19-3-1-2-4-21(19)15-22/h1-11,13,15,17H,12,14,16H2,(H,25,27). The topological polar surface area (TPSA) is 56.1 Å². The summed E-state index contributed by atoms with van der Waals surface area (Å²) in [4.78, 5) is 16.3. The van der Waals surface area contributed by atoms with Gasteiger partial charge < -0.3 is 14.6 Å². The van der Waals surface area contributed by atoms with Crippen LogP contribution >= 0.6 is 0 Å². The van der Waals surface area contributed by atoms with E-state index >= 15 is 0 Å². The third kappa shape index (κ3) is 4.38. The van der Waals surface area contributed by atoms with Gasteiger partial charge in [-0.25, -0.2) is 4.98 Å². The van der Waals surface area contributed by atoms with Gasteiger partial charge in [0.05, 0.1) is 12.9 Å². The Morgan fingerprint density at radius 3 is 2.61 bits per heavy atom. The molecule has 3 aromatic carbocycles. The van der Waals surface area contributed by atoms with Gasteiger partial charge in [-0.15, -0.1) is 0 Å². The molecule has 0 aliphatic rings. The van der Waals surface area contributed by atoms with Crippen LogP contribution in [0.15, 0.2) is 85.5 Å². The van der Waals surface area contributed by atoms with Gasteiger partial charge in [0.25, 0.3) is 5.91 Å². The minimum Gasteiger partial charge on any atom is -0.492 e. The fraction of sp³-hybridized carbons (Fsp3) is 0.130. The van der Waals surface area contributed by atoms with Gasteiger partial charge in [0.1, 0.15) is 12.4 Å². The lowest BCUT2D eigenvalue weighted by molar-refractivity contribution is 0.0947. The molecule has 0 fully saturated rings. The summed E-state index contributed by atoms with van der Waals surface area (Å²) in [7, 11) is 0. The molecule has 0 saturated heterocycles. The first-order valence-electron chi connectivity index (χ1n) is 9.22. The Bertz CT molecular complexity index is 1060. The van der Waals surface area contributed by atoms with Crippen molar-refractivity contribution < 1.29 is 9.53 Å². The molecule has 5 nitrogen and oxygen atoms in total. The highest BCUT2D eigenvalue weighted by Crippen LogP contribution is 2.20. The second-order valence-electron chi connectivity index (χ2n) is 6.55. The summed E-state index contributed by atoms with van der Waals surface area (Å²) in [5, 5.41) is 5.21. The molecular formula is C23H21N3O2. The van der Waals surface area contributed by atoms with Crippen LogP contribution in [0.5, 0.6) is 5.75 Å². The Morgan fingerprint density at radius 1 is 1.00 bits per heavy atom. The summed E-state index contributed by atoms with van der Waals surface area (Å²) in [5.41, 5.74) is 1.76. The van der Waals surface area contributed by atoms with Gasteiger partial charge in [-0.2, -0.15) is 0 Å². The Labute approximate surface area is 163 Å². The monoisotopic (exact) mass is 371 g/mol. The molecule has 0 saturated carbocycles. The van der Waals surface area contributed by atoms with Crippen LogP contribution in [0.3, 0.4) is 0 Å². The van der Waals surface area contributed by atoms with Crippen LogP contribution in [-0.2, 0) is 6.54 Å². The predicted molar refractivity (Wildman–Crippen MR) is 110 cm³/mol. The highest BCUT2D eigenvalue weighted by atomic mass is 16.5. The lowest BCUT2D eigenvalue weighted by atomic mass is 10.1. The molecule has 0 unspecified atom stereocenters. The van der Waals surface area contributed by atoms with Crippen molar-refractivity contribution in [2.45, 2.75) is 6.54 Å². The lowest BCUT2D eigenvalue weighted by Crippen LogP contribution is -2.28. The van der Waals surface area contributed by atoms with Gasteiger partial charge in [0, 0.05) is 24.5 Å². The van der Waals surface area contributed by atoms with Crippen molar-refractivity contribution in [1.29, 1.82) is 0 Å². The number of amides is 1. The summed E-state index contributed by atoms with van der Waals surface area (Å²) in [6, 6.07) is 21.7. The van der Waals surface area contributed by atoms with E-state index < -0.39 is 0 Å². The number of carbonyl (C=O) groups excluding carboxylic acids is 1. The highest BCUT2D eigenvalue weighted by Gasteiger charge is 2.05. The maximum absolute atomic E-state index is 12.3. The van der Waals surface area contributed by atoms with E-state index in [0.717, 1.165) is 23.2 Å². The summed E-state index contributed by atoms with van der Waals surface area (Å²) >= 11 is 0. The second-order valence-corrected chi connectivity index (χ2v) is 6.55. The van der Waals surface area contributed by atoms with Crippen LogP contribution in [0.1, 0.15) is 15.9 Å². The van der Waals surface area contributed by atoms with Crippen LogP contribution in [0.4, 0.5) is 0 Å². The number of hydrogen-bond donors (Lipinski definition) is 1. The zero-order chi connectivity index (χ0) is 19.2. The smallest absolute Gasteiger partial charge is 0.251 e. The number of hydrogen-bond acceptors (Lipinski definition) is 3. The van der Waals surface area contributed by atoms with Gasteiger partial charge >= 0.3 is 0 Å². The van der Waals surface area contributed by atoms with Crippen molar-refractivity contribution in [3.8, 4) is 5.75 Å². The normalized spacial score (nSPS) is 10.7. The maximum atomic E-state index is 12.3. The van der Waals surface area contributed by atoms with Gasteiger partial charge in [-0.3, -0.25) is 4.79 Å². The molecule has 1 heterocycles. The summed E-state index contributed by atoms with van der Waals surface area (Å²) in [6.45, 7) is 1.60. The van der Waals surface area contributed by atoms with Crippen LogP contribution in [0, 0.1) is 0 Å². The predicted octanol–water partition coefficient (Wildman–Crippen LogP) is 3.89. The number of aromatic nitrogens is 2. The molecule has 0 atom stereocenters. The molecular weight excluding hydrogens is 350 g/mol. The molecule has 140 valence electrons. The highest BCUT2D eigenvalue weighted by molar-refractivity contribution is 5.94. The van der Waals surface area contributed by atoms with Gasteiger partial charge in [0.2, 0.25) is 0 Å². The zero-order valence-electron chi connectivity index (χ0n) is 15.4. The lowest BCUT2D eigenvalue weighted by Gasteiger charge is -2.09. The third-order valence-corrected chi connectivity index (χ3v) is 4.52. The largest absolute Gasteiger partial charge is 0.492 e. The molecule has 0 spiro atoms. The van der Waals surface area contributed by atoms with Gasteiger partial charge in [-0.1, -0.05) is 42.5 Å². The molecule has 5 heteroatoms. The Kier molecular flexibility index (Phi) is 5.33. The third-order valence-electron chi connectivity index (χ3n) is 4.52. The van der Waals surface area contributed by atoms with Crippen LogP contribution < -0.4 is 10.1 Å². The fourth-order valence-electron chi connectivity index (χ4n) is 3.05. The number of rotatable bonds is 7. The van der Waals surface area contributed by atoms with Crippen molar-refractivity contribution >= 4 is 16.7 Å². The van der Waals surface area contributed by atoms with E-state index in [1.165, 1.54) is 5.39 Å². The van der Waals surface area contributed by atoms with E-state index in [1.54, 1.807) is 12.5 Å². The SMILES string of the molecule is O=C(NCCOc1ccc2ccccc2c1)c1ccc(Cn2ccnc2)cc1. The van der Waals surface area contributed by atoms with Crippen LogP contribution in [0.2, 0.25) is 0 Å². The Hall–Kier alpha value is -3.60. The first kappa shape index (κ1) is 17.8. The quantitative estimate of drug-likeness (QED) is 0.502. The number of nitrogens with one attached hydrogen (secondary N) is 1. The molecule has 0 radical (unpaired) electrons. The van der Waals surface area contributed by atoms with E-state index in [9.17, 15) is 4.79 Å². The second kappa shape index (κ2) is 8.39. The first-order chi connectivity index (χ1) is 13.8. The van der Waals surface area contributed by atoms with E-state index in [2.05, 4.69) is 22.4 Å². The molecule has 1 aromatic heterocycles. The molecule has 4 aromatic rings. The van der Waals surface area contributed by atoms with Gasteiger partial charge in [0.15, 0.2) is 0 Å². The maximum Gasteiger partial charge on any atom is 0.251 e. The zero-order valence-corrected chi connectivity index (χ0v) is 15.4.